The zero-order valence-electron chi connectivity index (χ0n) is 10.4. The van der Waals surface area contributed by atoms with Crippen molar-refractivity contribution in [2.45, 2.75) is 40.0 Å². The number of rotatable bonds is 5. The number of hydrogen-bond acceptors (Lipinski definition) is 2. The fourth-order valence-electron chi connectivity index (χ4n) is 1.48. The lowest BCUT2D eigenvalue weighted by Crippen LogP contribution is -2.24. The average molecular weight is 223 g/mol. The quantitative estimate of drug-likeness (QED) is 0.779. The number of nitrogens with one attached hydrogen (secondary N) is 1. The summed E-state index contributed by atoms with van der Waals surface area (Å²) in [4.78, 5) is 11.5. The molecule has 0 saturated heterocycles. The standard InChI is InChI=1S/C13H21NO2/c1-13(2,3)8-4-5-9-14-12(15)11-7-6-10-16-11/h6-7,10H,4-5,8-9H2,1-3H3,(H,14,15). The van der Waals surface area contributed by atoms with E-state index in [2.05, 4.69) is 26.1 Å². The molecule has 0 unspecified atom stereocenters. The number of furan rings is 1. The van der Waals surface area contributed by atoms with Crippen LogP contribution < -0.4 is 5.32 Å². The van der Waals surface area contributed by atoms with E-state index in [9.17, 15) is 4.79 Å². The highest BCUT2D eigenvalue weighted by molar-refractivity contribution is 5.91. The highest BCUT2D eigenvalue weighted by Crippen LogP contribution is 2.21. The third-order valence-corrected chi connectivity index (χ3v) is 2.38. The molecule has 0 aliphatic carbocycles. The first kappa shape index (κ1) is 12.8. The van der Waals surface area contributed by atoms with Crippen LogP contribution in [0.4, 0.5) is 0 Å². The van der Waals surface area contributed by atoms with E-state index in [4.69, 9.17) is 4.42 Å². The summed E-state index contributed by atoms with van der Waals surface area (Å²) in [5.41, 5.74) is 0.380. The molecule has 0 spiro atoms. The third kappa shape index (κ3) is 5.01. The van der Waals surface area contributed by atoms with Crippen molar-refractivity contribution in [2.24, 2.45) is 5.41 Å². The Balaban J connectivity index is 2.10. The molecule has 1 rings (SSSR count). The highest BCUT2D eigenvalue weighted by atomic mass is 16.3. The van der Waals surface area contributed by atoms with Crippen molar-refractivity contribution in [3.05, 3.63) is 24.2 Å². The van der Waals surface area contributed by atoms with Crippen molar-refractivity contribution in [3.63, 3.8) is 0 Å². The van der Waals surface area contributed by atoms with Crippen molar-refractivity contribution in [1.29, 1.82) is 0 Å². The molecule has 3 heteroatoms. The minimum atomic E-state index is -0.124. The second-order valence-corrected chi connectivity index (χ2v) is 5.25. The van der Waals surface area contributed by atoms with Gasteiger partial charge in [0, 0.05) is 6.54 Å². The minimum absolute atomic E-state index is 0.124. The average Bonchev–Trinajstić information content (AvgIpc) is 2.67. The van der Waals surface area contributed by atoms with Crippen LogP contribution in [-0.4, -0.2) is 12.5 Å². The molecular formula is C13H21NO2. The van der Waals surface area contributed by atoms with Crippen LogP contribution >= 0.6 is 0 Å². The van der Waals surface area contributed by atoms with Gasteiger partial charge in [0.15, 0.2) is 5.76 Å². The molecule has 0 bridgehead atoms. The van der Waals surface area contributed by atoms with Gasteiger partial charge in [0.2, 0.25) is 0 Å². The van der Waals surface area contributed by atoms with Crippen LogP contribution in [0.25, 0.3) is 0 Å². The van der Waals surface area contributed by atoms with Gasteiger partial charge in [-0.25, -0.2) is 0 Å². The summed E-state index contributed by atoms with van der Waals surface area (Å²) in [6, 6.07) is 3.39. The first-order valence-corrected chi connectivity index (χ1v) is 5.81. The van der Waals surface area contributed by atoms with Gasteiger partial charge in [0.1, 0.15) is 0 Å². The molecule has 0 aliphatic heterocycles. The van der Waals surface area contributed by atoms with Gasteiger partial charge in [0.25, 0.3) is 5.91 Å². The molecule has 0 atom stereocenters. The highest BCUT2D eigenvalue weighted by Gasteiger charge is 2.10. The van der Waals surface area contributed by atoms with E-state index in [1.54, 1.807) is 12.1 Å². The Labute approximate surface area is 97.2 Å². The Morgan fingerprint density at radius 2 is 2.12 bits per heavy atom. The Morgan fingerprint density at radius 1 is 1.38 bits per heavy atom. The van der Waals surface area contributed by atoms with Crippen LogP contribution in [0, 0.1) is 5.41 Å². The molecule has 1 aromatic rings. The second kappa shape index (κ2) is 5.73. The van der Waals surface area contributed by atoms with Crippen molar-refractivity contribution in [1.82, 2.24) is 5.32 Å². The maximum absolute atomic E-state index is 11.5. The first-order valence-electron chi connectivity index (χ1n) is 5.81. The van der Waals surface area contributed by atoms with E-state index in [0.717, 1.165) is 19.4 Å². The second-order valence-electron chi connectivity index (χ2n) is 5.25. The molecule has 0 aliphatic rings. The van der Waals surface area contributed by atoms with Gasteiger partial charge < -0.3 is 9.73 Å². The van der Waals surface area contributed by atoms with Crippen LogP contribution in [0.3, 0.4) is 0 Å². The van der Waals surface area contributed by atoms with Gasteiger partial charge in [-0.2, -0.15) is 0 Å². The maximum atomic E-state index is 11.5. The van der Waals surface area contributed by atoms with Crippen molar-refractivity contribution >= 4 is 5.91 Å². The predicted molar refractivity (Wildman–Crippen MR) is 64.3 cm³/mol. The normalized spacial score (nSPS) is 11.4. The molecule has 3 nitrogen and oxygen atoms in total. The van der Waals surface area contributed by atoms with E-state index >= 15 is 0 Å². The van der Waals surface area contributed by atoms with E-state index in [0.29, 0.717) is 11.2 Å². The topological polar surface area (TPSA) is 42.2 Å². The van der Waals surface area contributed by atoms with Crippen LogP contribution in [0.5, 0.6) is 0 Å². The molecule has 1 heterocycles. The Bertz CT molecular complexity index is 309. The molecule has 0 aromatic carbocycles. The van der Waals surface area contributed by atoms with Gasteiger partial charge in [-0.1, -0.05) is 27.2 Å². The fourth-order valence-corrected chi connectivity index (χ4v) is 1.48. The Morgan fingerprint density at radius 3 is 2.69 bits per heavy atom. The molecule has 90 valence electrons. The summed E-state index contributed by atoms with van der Waals surface area (Å²) in [7, 11) is 0. The molecular weight excluding hydrogens is 202 g/mol. The fraction of sp³-hybridized carbons (Fsp3) is 0.615. The molecule has 1 amide bonds. The lowest BCUT2D eigenvalue weighted by atomic mass is 9.90. The number of carbonyl (C=O) groups is 1. The SMILES string of the molecule is CC(C)(C)CCCCNC(=O)c1ccco1. The Kier molecular flexibility index (Phi) is 4.59. The lowest BCUT2D eigenvalue weighted by molar-refractivity contribution is 0.0925. The molecule has 16 heavy (non-hydrogen) atoms. The van der Waals surface area contributed by atoms with E-state index in [-0.39, 0.29) is 5.91 Å². The van der Waals surface area contributed by atoms with Crippen LogP contribution in [0.2, 0.25) is 0 Å². The van der Waals surface area contributed by atoms with Crippen LogP contribution in [0.1, 0.15) is 50.6 Å². The van der Waals surface area contributed by atoms with Crippen molar-refractivity contribution < 1.29 is 9.21 Å². The van der Waals surface area contributed by atoms with Crippen LogP contribution in [0.15, 0.2) is 22.8 Å². The largest absolute Gasteiger partial charge is 0.459 e. The zero-order valence-corrected chi connectivity index (χ0v) is 10.4. The number of unbranched alkanes of at least 4 members (excludes halogenated alkanes) is 1. The maximum Gasteiger partial charge on any atom is 0.286 e. The van der Waals surface area contributed by atoms with Gasteiger partial charge >= 0.3 is 0 Å². The molecule has 1 aromatic heterocycles. The van der Waals surface area contributed by atoms with Crippen molar-refractivity contribution in [3.8, 4) is 0 Å². The first-order chi connectivity index (χ1) is 7.49. The molecule has 1 N–H and O–H groups in total. The van der Waals surface area contributed by atoms with Gasteiger partial charge in [-0.05, 0) is 30.4 Å². The van der Waals surface area contributed by atoms with E-state index in [1.807, 2.05) is 0 Å². The molecule has 0 fully saturated rings. The summed E-state index contributed by atoms with van der Waals surface area (Å²) in [6.07, 6.45) is 4.85. The minimum Gasteiger partial charge on any atom is -0.459 e. The third-order valence-electron chi connectivity index (χ3n) is 2.38. The number of hydrogen-bond donors (Lipinski definition) is 1. The van der Waals surface area contributed by atoms with E-state index < -0.39 is 0 Å². The summed E-state index contributed by atoms with van der Waals surface area (Å²) < 4.78 is 4.99. The van der Waals surface area contributed by atoms with Crippen LogP contribution in [-0.2, 0) is 0 Å². The van der Waals surface area contributed by atoms with Gasteiger partial charge in [-0.15, -0.1) is 0 Å². The summed E-state index contributed by atoms with van der Waals surface area (Å²) in [5.74, 6) is 0.261. The predicted octanol–water partition coefficient (Wildman–Crippen LogP) is 3.23. The van der Waals surface area contributed by atoms with Crippen molar-refractivity contribution in [2.75, 3.05) is 6.54 Å². The Hall–Kier alpha value is -1.25. The molecule has 0 radical (unpaired) electrons. The van der Waals surface area contributed by atoms with E-state index in [1.165, 1.54) is 12.7 Å². The summed E-state index contributed by atoms with van der Waals surface area (Å²) >= 11 is 0. The van der Waals surface area contributed by atoms with Gasteiger partial charge in [-0.3, -0.25) is 4.79 Å². The van der Waals surface area contributed by atoms with Gasteiger partial charge in [0.05, 0.1) is 6.26 Å². The smallest absolute Gasteiger partial charge is 0.286 e. The monoisotopic (exact) mass is 223 g/mol. The number of carbonyl (C=O) groups excluding carboxylic acids is 1. The summed E-state index contributed by atoms with van der Waals surface area (Å²) in [6.45, 7) is 7.41. The number of amides is 1. The summed E-state index contributed by atoms with van der Waals surface area (Å²) in [5, 5.41) is 2.84. The molecule has 0 saturated carbocycles. The lowest BCUT2D eigenvalue weighted by Gasteiger charge is -2.17. The zero-order chi connectivity index (χ0) is 12.0.